The molecule has 1 aromatic heterocycles. The highest BCUT2D eigenvalue weighted by molar-refractivity contribution is 5.85. The molecule has 0 aromatic carbocycles. The Morgan fingerprint density at radius 1 is 1.68 bits per heavy atom. The van der Waals surface area contributed by atoms with Crippen LogP contribution in [0, 0.1) is 11.3 Å². The van der Waals surface area contributed by atoms with Gasteiger partial charge in [0.25, 0.3) is 5.92 Å². The largest absolute Gasteiger partial charge is 0.374 e. The van der Waals surface area contributed by atoms with Gasteiger partial charge in [0.05, 0.1) is 12.6 Å². The maximum absolute atomic E-state index is 13.4. The normalized spacial score (nSPS) is 21.2. The fourth-order valence-electron chi connectivity index (χ4n) is 2.49. The summed E-state index contributed by atoms with van der Waals surface area (Å²) in [6, 6.07) is 3.53. The number of carbonyl (C=O) groups excluding carboxylic acids is 1. The number of anilines is 1. The van der Waals surface area contributed by atoms with Crippen molar-refractivity contribution in [1.82, 2.24) is 9.88 Å². The van der Waals surface area contributed by atoms with Gasteiger partial charge in [0.1, 0.15) is 12.1 Å². The Balaban J connectivity index is 2.07. The molecule has 0 spiro atoms. The number of aromatic nitrogens is 1. The fraction of sp³-hybridized carbons (Fsp3) is 0.533. The smallest absolute Gasteiger partial charge is 0.268 e. The van der Waals surface area contributed by atoms with Crippen molar-refractivity contribution in [3.63, 3.8) is 0 Å². The number of aryl methyl sites for hydroxylation is 1. The molecule has 1 fully saturated rings. The molecule has 2 heterocycles. The molecule has 7 heteroatoms. The van der Waals surface area contributed by atoms with Crippen LogP contribution in [0.15, 0.2) is 18.3 Å². The SMILES string of the molecule is CCc1cc(NC(C)C(=O)N2CC(F)(F)CC2C#N)ccn1. The van der Waals surface area contributed by atoms with E-state index in [1.807, 2.05) is 13.0 Å². The number of pyridine rings is 1. The molecular weight excluding hydrogens is 290 g/mol. The highest BCUT2D eigenvalue weighted by atomic mass is 19.3. The molecule has 2 unspecified atom stereocenters. The maximum Gasteiger partial charge on any atom is 0.268 e. The van der Waals surface area contributed by atoms with E-state index in [9.17, 15) is 13.6 Å². The van der Waals surface area contributed by atoms with E-state index in [1.54, 1.807) is 25.3 Å². The van der Waals surface area contributed by atoms with E-state index >= 15 is 0 Å². The van der Waals surface area contributed by atoms with Crippen molar-refractivity contribution in [2.45, 2.75) is 44.7 Å². The molecule has 1 N–H and O–H groups in total. The van der Waals surface area contributed by atoms with Crippen molar-refractivity contribution in [3.8, 4) is 6.07 Å². The molecule has 1 amide bonds. The lowest BCUT2D eigenvalue weighted by atomic mass is 10.2. The lowest BCUT2D eigenvalue weighted by molar-refractivity contribution is -0.133. The van der Waals surface area contributed by atoms with E-state index in [1.165, 1.54) is 0 Å². The monoisotopic (exact) mass is 308 g/mol. The van der Waals surface area contributed by atoms with E-state index in [-0.39, 0.29) is 0 Å². The Bertz CT molecular complexity index is 599. The predicted molar refractivity (Wildman–Crippen MR) is 77.4 cm³/mol. The standard InChI is InChI=1S/C15H18F2N4O/c1-3-11-6-12(4-5-19-11)20-10(2)14(22)21-9-15(16,17)7-13(21)8-18/h4-6,10,13H,3,7,9H2,1-2H3,(H,19,20). The van der Waals surface area contributed by atoms with Crippen LogP contribution >= 0.6 is 0 Å². The molecule has 0 bridgehead atoms. The molecule has 1 saturated heterocycles. The lowest BCUT2D eigenvalue weighted by Crippen LogP contribution is -2.44. The molecule has 0 aliphatic carbocycles. The van der Waals surface area contributed by atoms with E-state index < -0.39 is 36.9 Å². The van der Waals surface area contributed by atoms with Crippen LogP contribution in [0.5, 0.6) is 0 Å². The van der Waals surface area contributed by atoms with Gasteiger partial charge in [-0.2, -0.15) is 5.26 Å². The third kappa shape index (κ3) is 3.50. The highest BCUT2D eigenvalue weighted by Gasteiger charge is 2.47. The molecule has 2 rings (SSSR count). The number of hydrogen-bond donors (Lipinski definition) is 1. The summed E-state index contributed by atoms with van der Waals surface area (Å²) in [6.45, 7) is 2.86. The lowest BCUT2D eigenvalue weighted by Gasteiger charge is -2.24. The van der Waals surface area contributed by atoms with Crippen LogP contribution in [0.1, 0.15) is 26.0 Å². The summed E-state index contributed by atoms with van der Waals surface area (Å²) in [5.41, 5.74) is 1.57. The van der Waals surface area contributed by atoms with Crippen LogP contribution in [-0.2, 0) is 11.2 Å². The van der Waals surface area contributed by atoms with Crippen molar-refractivity contribution in [1.29, 1.82) is 5.26 Å². The summed E-state index contributed by atoms with van der Waals surface area (Å²) in [5.74, 6) is -3.50. The van der Waals surface area contributed by atoms with Crippen LogP contribution < -0.4 is 5.32 Å². The average Bonchev–Trinajstić information content (AvgIpc) is 2.81. The number of nitrogens with one attached hydrogen (secondary N) is 1. The summed E-state index contributed by atoms with van der Waals surface area (Å²) in [7, 11) is 0. The highest BCUT2D eigenvalue weighted by Crippen LogP contribution is 2.32. The van der Waals surface area contributed by atoms with Crippen LogP contribution in [0.3, 0.4) is 0 Å². The Hall–Kier alpha value is -2.23. The Morgan fingerprint density at radius 3 is 3.05 bits per heavy atom. The molecule has 1 aliphatic rings. The number of nitrogens with zero attached hydrogens (tertiary/aromatic N) is 3. The van der Waals surface area contributed by atoms with Gasteiger partial charge < -0.3 is 10.2 Å². The van der Waals surface area contributed by atoms with E-state index in [4.69, 9.17) is 5.26 Å². The maximum atomic E-state index is 13.4. The first kappa shape index (κ1) is 16.1. The summed E-state index contributed by atoms with van der Waals surface area (Å²) < 4.78 is 26.8. The van der Waals surface area contributed by atoms with Crippen LogP contribution in [-0.4, -0.2) is 40.3 Å². The minimum atomic E-state index is -3.00. The third-order valence-electron chi connectivity index (χ3n) is 3.63. The summed E-state index contributed by atoms with van der Waals surface area (Å²) >= 11 is 0. The summed E-state index contributed by atoms with van der Waals surface area (Å²) in [5, 5.41) is 11.9. The van der Waals surface area contributed by atoms with Gasteiger partial charge in [-0.05, 0) is 25.5 Å². The molecular formula is C15H18F2N4O. The minimum absolute atomic E-state index is 0.501. The van der Waals surface area contributed by atoms with Crippen molar-refractivity contribution in [3.05, 3.63) is 24.0 Å². The van der Waals surface area contributed by atoms with Gasteiger partial charge in [0, 0.05) is 24.0 Å². The van der Waals surface area contributed by atoms with Gasteiger partial charge in [-0.1, -0.05) is 6.92 Å². The topological polar surface area (TPSA) is 69.0 Å². The molecule has 22 heavy (non-hydrogen) atoms. The number of hydrogen-bond acceptors (Lipinski definition) is 4. The van der Waals surface area contributed by atoms with Crippen LogP contribution in [0.4, 0.5) is 14.5 Å². The number of alkyl halides is 2. The van der Waals surface area contributed by atoms with E-state index in [0.717, 1.165) is 17.0 Å². The second-order valence-corrected chi connectivity index (χ2v) is 5.43. The van der Waals surface area contributed by atoms with Crippen molar-refractivity contribution >= 4 is 11.6 Å². The van der Waals surface area contributed by atoms with E-state index in [2.05, 4.69) is 10.3 Å². The fourth-order valence-corrected chi connectivity index (χ4v) is 2.49. The third-order valence-corrected chi connectivity index (χ3v) is 3.63. The summed E-state index contributed by atoms with van der Waals surface area (Å²) in [4.78, 5) is 17.4. The molecule has 1 aliphatic heterocycles. The quantitative estimate of drug-likeness (QED) is 0.926. The van der Waals surface area contributed by atoms with Crippen LogP contribution in [0.2, 0.25) is 0 Å². The number of nitriles is 1. The number of rotatable bonds is 4. The Morgan fingerprint density at radius 2 is 2.41 bits per heavy atom. The first-order chi connectivity index (χ1) is 10.4. The minimum Gasteiger partial charge on any atom is -0.374 e. The van der Waals surface area contributed by atoms with Gasteiger partial charge in [-0.25, -0.2) is 8.78 Å². The van der Waals surface area contributed by atoms with Gasteiger partial charge >= 0.3 is 0 Å². The van der Waals surface area contributed by atoms with Gasteiger partial charge in [0.2, 0.25) is 5.91 Å². The molecule has 118 valence electrons. The first-order valence-electron chi connectivity index (χ1n) is 7.15. The second kappa shape index (κ2) is 6.26. The zero-order chi connectivity index (χ0) is 16.3. The van der Waals surface area contributed by atoms with Crippen molar-refractivity contribution < 1.29 is 13.6 Å². The second-order valence-electron chi connectivity index (χ2n) is 5.43. The zero-order valence-corrected chi connectivity index (χ0v) is 12.5. The Kier molecular flexibility index (Phi) is 4.59. The van der Waals surface area contributed by atoms with Crippen LogP contribution in [0.25, 0.3) is 0 Å². The van der Waals surface area contributed by atoms with Gasteiger partial charge in [0.15, 0.2) is 0 Å². The zero-order valence-electron chi connectivity index (χ0n) is 12.5. The molecule has 2 atom stereocenters. The van der Waals surface area contributed by atoms with E-state index in [0.29, 0.717) is 5.69 Å². The van der Waals surface area contributed by atoms with Crippen molar-refractivity contribution in [2.24, 2.45) is 0 Å². The molecule has 0 radical (unpaired) electrons. The molecule has 1 aromatic rings. The first-order valence-corrected chi connectivity index (χ1v) is 7.15. The molecule has 5 nitrogen and oxygen atoms in total. The predicted octanol–water partition coefficient (Wildman–Crippen LogP) is 2.20. The van der Waals surface area contributed by atoms with Gasteiger partial charge in [-0.15, -0.1) is 0 Å². The number of amides is 1. The van der Waals surface area contributed by atoms with Gasteiger partial charge in [-0.3, -0.25) is 9.78 Å². The average molecular weight is 308 g/mol. The van der Waals surface area contributed by atoms with Crippen molar-refractivity contribution in [2.75, 3.05) is 11.9 Å². The number of carbonyl (C=O) groups is 1. The summed E-state index contributed by atoms with van der Waals surface area (Å²) in [6.07, 6.45) is 1.78. The number of halogens is 2. The molecule has 0 saturated carbocycles. The number of likely N-dealkylation sites (tertiary alicyclic amines) is 1. The Labute approximate surface area is 127 Å².